The summed E-state index contributed by atoms with van der Waals surface area (Å²) < 4.78 is 7.23. The normalized spacial score (nSPS) is 12.3. The highest BCUT2D eigenvalue weighted by Gasteiger charge is 2.13. The van der Waals surface area contributed by atoms with E-state index >= 15 is 0 Å². The van der Waals surface area contributed by atoms with E-state index in [-0.39, 0.29) is 18.6 Å². The van der Waals surface area contributed by atoms with Gasteiger partial charge in [0.2, 0.25) is 0 Å². The van der Waals surface area contributed by atoms with Crippen molar-refractivity contribution in [2.45, 2.75) is 32.4 Å². The Labute approximate surface area is 117 Å². The Morgan fingerprint density at radius 3 is 3.10 bits per heavy atom. The predicted molar refractivity (Wildman–Crippen MR) is 73.3 cm³/mol. The molecule has 0 saturated heterocycles. The number of rotatable bonds is 7. The van der Waals surface area contributed by atoms with Gasteiger partial charge >= 0.3 is 0 Å². The number of hydrogen-bond donors (Lipinski definition) is 2. The Kier molecular flexibility index (Phi) is 4.95. The van der Waals surface area contributed by atoms with Gasteiger partial charge in [0.25, 0.3) is 5.91 Å². The minimum absolute atomic E-state index is 0.00863. The van der Waals surface area contributed by atoms with Gasteiger partial charge in [0.1, 0.15) is 5.76 Å². The molecule has 6 nitrogen and oxygen atoms in total. The second-order valence-electron chi connectivity index (χ2n) is 4.71. The number of nitrogens with zero attached hydrogens (tertiary/aromatic N) is 2. The molecule has 0 aliphatic heterocycles. The zero-order valence-corrected chi connectivity index (χ0v) is 11.5. The Morgan fingerprint density at radius 2 is 2.40 bits per heavy atom. The second-order valence-corrected chi connectivity index (χ2v) is 4.71. The molecule has 0 radical (unpaired) electrons. The summed E-state index contributed by atoms with van der Waals surface area (Å²) in [5.41, 5.74) is 0. The van der Waals surface area contributed by atoms with Crippen LogP contribution in [0.25, 0.3) is 0 Å². The zero-order chi connectivity index (χ0) is 14.4. The van der Waals surface area contributed by atoms with Crippen molar-refractivity contribution in [3.8, 4) is 0 Å². The van der Waals surface area contributed by atoms with Crippen molar-refractivity contribution < 1.29 is 14.3 Å². The summed E-state index contributed by atoms with van der Waals surface area (Å²) in [6.45, 7) is 2.54. The van der Waals surface area contributed by atoms with Crippen LogP contribution in [0.15, 0.2) is 35.0 Å². The molecule has 1 amide bonds. The van der Waals surface area contributed by atoms with E-state index in [1.165, 1.54) is 0 Å². The van der Waals surface area contributed by atoms with E-state index in [4.69, 9.17) is 9.52 Å². The van der Waals surface area contributed by atoms with Gasteiger partial charge < -0.3 is 14.8 Å². The first-order chi connectivity index (χ1) is 9.69. The maximum atomic E-state index is 11.9. The number of carbonyl (C=O) groups is 1. The van der Waals surface area contributed by atoms with Crippen LogP contribution in [0.2, 0.25) is 0 Å². The van der Waals surface area contributed by atoms with Gasteiger partial charge in [-0.25, -0.2) is 0 Å². The van der Waals surface area contributed by atoms with Crippen LogP contribution in [0.3, 0.4) is 0 Å². The SMILES string of the molecule is CC(CCCO)NC(=O)c1ccc(Cn2cccn2)o1. The lowest BCUT2D eigenvalue weighted by Crippen LogP contribution is -2.32. The summed E-state index contributed by atoms with van der Waals surface area (Å²) in [6.07, 6.45) is 4.94. The van der Waals surface area contributed by atoms with Crippen LogP contribution in [0.5, 0.6) is 0 Å². The standard InChI is InChI=1S/C14H19N3O3/c1-11(4-2-9-18)16-14(19)13-6-5-12(20-13)10-17-8-3-7-15-17/h3,5-8,11,18H,2,4,9-10H2,1H3,(H,16,19). The summed E-state index contributed by atoms with van der Waals surface area (Å²) in [4.78, 5) is 11.9. The number of aliphatic hydroxyl groups is 1. The highest BCUT2D eigenvalue weighted by molar-refractivity contribution is 5.91. The monoisotopic (exact) mass is 277 g/mol. The summed E-state index contributed by atoms with van der Waals surface area (Å²) in [6, 6.07) is 5.27. The zero-order valence-electron chi connectivity index (χ0n) is 11.5. The maximum Gasteiger partial charge on any atom is 0.287 e. The first-order valence-electron chi connectivity index (χ1n) is 6.67. The Bertz CT molecular complexity index is 534. The topological polar surface area (TPSA) is 80.3 Å². The van der Waals surface area contributed by atoms with E-state index in [2.05, 4.69) is 10.4 Å². The van der Waals surface area contributed by atoms with Crippen molar-refractivity contribution in [1.29, 1.82) is 0 Å². The molecule has 2 aromatic rings. The van der Waals surface area contributed by atoms with E-state index in [1.54, 1.807) is 23.0 Å². The molecule has 6 heteroatoms. The fourth-order valence-electron chi connectivity index (χ4n) is 1.90. The van der Waals surface area contributed by atoms with Crippen LogP contribution >= 0.6 is 0 Å². The molecule has 0 aromatic carbocycles. The highest BCUT2D eigenvalue weighted by atomic mass is 16.4. The van der Waals surface area contributed by atoms with E-state index in [1.807, 2.05) is 19.2 Å². The number of carbonyl (C=O) groups excluding carboxylic acids is 1. The average Bonchev–Trinajstić information content (AvgIpc) is 3.08. The molecule has 20 heavy (non-hydrogen) atoms. The molecule has 0 bridgehead atoms. The van der Waals surface area contributed by atoms with E-state index in [0.29, 0.717) is 24.5 Å². The van der Waals surface area contributed by atoms with E-state index in [9.17, 15) is 4.79 Å². The van der Waals surface area contributed by atoms with Crippen molar-refractivity contribution in [3.05, 3.63) is 42.1 Å². The quantitative estimate of drug-likeness (QED) is 0.802. The Morgan fingerprint density at radius 1 is 1.55 bits per heavy atom. The minimum atomic E-state index is -0.234. The van der Waals surface area contributed by atoms with Crippen LogP contribution in [0, 0.1) is 0 Å². The first kappa shape index (κ1) is 14.3. The smallest absolute Gasteiger partial charge is 0.287 e. The maximum absolute atomic E-state index is 11.9. The molecular formula is C14H19N3O3. The molecule has 108 valence electrons. The number of nitrogens with one attached hydrogen (secondary N) is 1. The van der Waals surface area contributed by atoms with Crippen LogP contribution in [0.4, 0.5) is 0 Å². The van der Waals surface area contributed by atoms with Crippen molar-refractivity contribution in [3.63, 3.8) is 0 Å². The van der Waals surface area contributed by atoms with Crippen LogP contribution in [-0.2, 0) is 6.54 Å². The van der Waals surface area contributed by atoms with Crippen LogP contribution in [0.1, 0.15) is 36.1 Å². The number of hydrogen-bond acceptors (Lipinski definition) is 4. The summed E-state index contributed by atoms with van der Waals surface area (Å²) >= 11 is 0. The van der Waals surface area contributed by atoms with Crippen LogP contribution in [-0.4, -0.2) is 33.4 Å². The van der Waals surface area contributed by atoms with Crippen LogP contribution < -0.4 is 5.32 Å². The average molecular weight is 277 g/mol. The molecule has 2 heterocycles. The molecule has 1 unspecified atom stereocenters. The molecular weight excluding hydrogens is 258 g/mol. The molecule has 2 aromatic heterocycles. The highest BCUT2D eigenvalue weighted by Crippen LogP contribution is 2.10. The summed E-state index contributed by atoms with van der Waals surface area (Å²) in [5, 5.41) is 15.7. The molecule has 0 spiro atoms. The molecule has 2 N–H and O–H groups in total. The third kappa shape index (κ3) is 3.96. The number of aliphatic hydroxyl groups excluding tert-OH is 1. The van der Waals surface area contributed by atoms with E-state index < -0.39 is 0 Å². The lowest BCUT2D eigenvalue weighted by atomic mass is 10.2. The van der Waals surface area contributed by atoms with Gasteiger partial charge in [0, 0.05) is 25.0 Å². The van der Waals surface area contributed by atoms with Crippen molar-refractivity contribution in [1.82, 2.24) is 15.1 Å². The molecule has 0 aliphatic rings. The first-order valence-corrected chi connectivity index (χ1v) is 6.67. The van der Waals surface area contributed by atoms with Gasteiger partial charge in [-0.1, -0.05) is 0 Å². The molecule has 2 rings (SSSR count). The van der Waals surface area contributed by atoms with Gasteiger partial charge in [0.05, 0.1) is 6.54 Å². The number of aromatic nitrogens is 2. The fourth-order valence-corrected chi connectivity index (χ4v) is 1.90. The van der Waals surface area contributed by atoms with Gasteiger partial charge in [-0.05, 0) is 38.0 Å². The fraction of sp³-hybridized carbons (Fsp3) is 0.429. The van der Waals surface area contributed by atoms with Gasteiger partial charge in [-0.3, -0.25) is 9.48 Å². The summed E-state index contributed by atoms with van der Waals surface area (Å²) in [5.74, 6) is 0.743. The summed E-state index contributed by atoms with van der Waals surface area (Å²) in [7, 11) is 0. The third-order valence-corrected chi connectivity index (χ3v) is 2.94. The predicted octanol–water partition coefficient (Wildman–Crippen LogP) is 1.42. The second kappa shape index (κ2) is 6.91. The minimum Gasteiger partial charge on any atom is -0.454 e. The lowest BCUT2D eigenvalue weighted by Gasteiger charge is -2.11. The third-order valence-electron chi connectivity index (χ3n) is 2.94. The Balaban J connectivity index is 1.89. The van der Waals surface area contributed by atoms with Crippen molar-refractivity contribution in [2.75, 3.05) is 6.61 Å². The number of amides is 1. The lowest BCUT2D eigenvalue weighted by molar-refractivity contribution is 0.0906. The molecule has 0 fully saturated rings. The van der Waals surface area contributed by atoms with Gasteiger partial charge in [-0.15, -0.1) is 0 Å². The molecule has 1 atom stereocenters. The van der Waals surface area contributed by atoms with E-state index in [0.717, 1.165) is 6.42 Å². The largest absolute Gasteiger partial charge is 0.454 e. The van der Waals surface area contributed by atoms with Crippen molar-refractivity contribution in [2.24, 2.45) is 0 Å². The number of furan rings is 1. The molecule has 0 aliphatic carbocycles. The van der Waals surface area contributed by atoms with Gasteiger partial charge in [-0.2, -0.15) is 5.10 Å². The van der Waals surface area contributed by atoms with Gasteiger partial charge in [0.15, 0.2) is 5.76 Å². The van der Waals surface area contributed by atoms with Crippen molar-refractivity contribution >= 4 is 5.91 Å². The molecule has 0 saturated carbocycles. The Hall–Kier alpha value is -2.08.